The highest BCUT2D eigenvalue weighted by molar-refractivity contribution is 8.26. The van der Waals surface area contributed by atoms with Gasteiger partial charge < -0.3 is 14.8 Å². The zero-order valence-electron chi connectivity index (χ0n) is 20.0. The van der Waals surface area contributed by atoms with Crippen LogP contribution in [0.15, 0.2) is 90.0 Å². The number of Topliss-reactive ketones (excluding diaryl/α,β-unsaturated/α-hetero) is 1. The summed E-state index contributed by atoms with van der Waals surface area (Å²) in [6, 6.07) is 22.3. The lowest BCUT2D eigenvalue weighted by atomic mass is 10.0. The number of ether oxygens (including phenoxy) is 1. The van der Waals surface area contributed by atoms with E-state index in [0.29, 0.717) is 16.2 Å². The number of nitrogens with one attached hydrogen (secondary N) is 1. The van der Waals surface area contributed by atoms with Crippen molar-refractivity contribution in [1.82, 2.24) is 9.88 Å². The number of carbonyl (C=O) groups excluding carboxylic acids is 2. The molecule has 0 radical (unpaired) electrons. The molecule has 0 saturated carbocycles. The molecule has 1 atom stereocenters. The van der Waals surface area contributed by atoms with E-state index in [1.165, 1.54) is 4.90 Å². The van der Waals surface area contributed by atoms with Crippen LogP contribution in [0.5, 0.6) is 5.75 Å². The lowest BCUT2D eigenvalue weighted by Crippen LogP contribution is -2.45. The van der Waals surface area contributed by atoms with Gasteiger partial charge in [-0.15, -0.1) is 0 Å². The Morgan fingerprint density at radius 1 is 1.03 bits per heavy atom. The predicted molar refractivity (Wildman–Crippen MR) is 151 cm³/mol. The van der Waals surface area contributed by atoms with Crippen LogP contribution in [0.4, 0.5) is 0 Å². The van der Waals surface area contributed by atoms with Crippen LogP contribution in [0.1, 0.15) is 21.5 Å². The van der Waals surface area contributed by atoms with Crippen molar-refractivity contribution in [1.29, 1.82) is 0 Å². The molecule has 0 aliphatic carbocycles. The molecule has 0 bridgehead atoms. The first-order chi connectivity index (χ1) is 18.4. The molecule has 9 heteroatoms. The number of carboxylic acid groups (broad SMARTS) is 1. The number of hydrogen-bond donors (Lipinski definition) is 2. The topological polar surface area (TPSA) is 99.7 Å². The molecule has 7 nitrogen and oxygen atoms in total. The van der Waals surface area contributed by atoms with Gasteiger partial charge >= 0.3 is 5.97 Å². The fourth-order valence-electron chi connectivity index (χ4n) is 4.21. The zero-order chi connectivity index (χ0) is 26.6. The SMILES string of the molecule is O=C(COc1ccc(/C=C2\SC(=S)N([C@@H](Cc3c[nH]c4ccccc34)C(=O)O)C2=O)cc1)c1ccccc1. The summed E-state index contributed by atoms with van der Waals surface area (Å²) < 4.78 is 5.80. The number of rotatable bonds is 9. The quantitative estimate of drug-likeness (QED) is 0.168. The highest BCUT2D eigenvalue weighted by Gasteiger charge is 2.40. The van der Waals surface area contributed by atoms with Gasteiger partial charge in [0.05, 0.1) is 4.91 Å². The molecule has 5 rings (SSSR count). The van der Waals surface area contributed by atoms with E-state index < -0.39 is 17.9 Å². The number of hydrogen-bond acceptors (Lipinski definition) is 6. The number of benzene rings is 3. The van der Waals surface area contributed by atoms with Crippen molar-refractivity contribution in [3.05, 3.63) is 107 Å². The van der Waals surface area contributed by atoms with Crippen LogP contribution in [0.2, 0.25) is 0 Å². The molecule has 0 unspecified atom stereocenters. The Labute approximate surface area is 228 Å². The van der Waals surface area contributed by atoms with Gasteiger partial charge in [-0.2, -0.15) is 0 Å². The molecule has 4 aromatic rings. The van der Waals surface area contributed by atoms with Gasteiger partial charge in [-0.25, -0.2) is 4.79 Å². The summed E-state index contributed by atoms with van der Waals surface area (Å²) >= 11 is 6.50. The third-order valence-electron chi connectivity index (χ3n) is 6.15. The van der Waals surface area contributed by atoms with Crippen LogP contribution < -0.4 is 4.74 Å². The molecule has 1 saturated heterocycles. The number of aliphatic carboxylic acids is 1. The van der Waals surface area contributed by atoms with E-state index in [1.54, 1.807) is 60.8 Å². The van der Waals surface area contributed by atoms with Gasteiger partial charge in [-0.05, 0) is 35.4 Å². The number of aromatic nitrogens is 1. The molecule has 2 heterocycles. The summed E-state index contributed by atoms with van der Waals surface area (Å²) in [5.41, 5.74) is 2.99. The van der Waals surface area contributed by atoms with E-state index in [9.17, 15) is 19.5 Å². The van der Waals surface area contributed by atoms with E-state index in [1.807, 2.05) is 30.3 Å². The van der Waals surface area contributed by atoms with E-state index in [0.717, 1.165) is 33.8 Å². The lowest BCUT2D eigenvalue weighted by molar-refractivity contribution is -0.145. The first-order valence-electron chi connectivity index (χ1n) is 11.8. The summed E-state index contributed by atoms with van der Waals surface area (Å²) in [6.07, 6.45) is 3.56. The second-order valence-corrected chi connectivity index (χ2v) is 10.3. The Kier molecular flexibility index (Phi) is 7.39. The first-order valence-corrected chi connectivity index (χ1v) is 13.0. The van der Waals surface area contributed by atoms with E-state index in [-0.39, 0.29) is 23.1 Å². The highest BCUT2D eigenvalue weighted by Crippen LogP contribution is 2.35. The minimum absolute atomic E-state index is 0.0883. The molecule has 1 aliphatic heterocycles. The number of ketones is 1. The maximum Gasteiger partial charge on any atom is 0.327 e. The Morgan fingerprint density at radius 2 is 1.74 bits per heavy atom. The summed E-state index contributed by atoms with van der Waals surface area (Å²) in [7, 11) is 0. The second-order valence-electron chi connectivity index (χ2n) is 8.62. The lowest BCUT2D eigenvalue weighted by Gasteiger charge is -2.23. The third kappa shape index (κ3) is 5.39. The highest BCUT2D eigenvalue weighted by atomic mass is 32.2. The average Bonchev–Trinajstić information content (AvgIpc) is 3.46. The molecule has 38 heavy (non-hydrogen) atoms. The molecule has 190 valence electrons. The van der Waals surface area contributed by atoms with Gasteiger partial charge in [0.25, 0.3) is 5.91 Å². The average molecular weight is 543 g/mol. The fraction of sp³-hybridized carbons (Fsp3) is 0.103. The molecule has 1 aromatic heterocycles. The molecule has 1 fully saturated rings. The third-order valence-corrected chi connectivity index (χ3v) is 7.48. The second kappa shape index (κ2) is 11.0. The van der Waals surface area contributed by atoms with Gasteiger partial charge in [-0.1, -0.05) is 84.6 Å². The molecule has 1 amide bonds. The molecular formula is C29H22N2O5S2. The molecule has 3 aromatic carbocycles. The molecular weight excluding hydrogens is 520 g/mol. The summed E-state index contributed by atoms with van der Waals surface area (Å²) in [5.74, 6) is -1.18. The number of fused-ring (bicyclic) bond motifs is 1. The van der Waals surface area contributed by atoms with Crippen LogP contribution in [-0.4, -0.2) is 49.6 Å². The Hall–Kier alpha value is -4.21. The number of para-hydroxylation sites is 1. The van der Waals surface area contributed by atoms with E-state index in [4.69, 9.17) is 17.0 Å². The van der Waals surface area contributed by atoms with Crippen molar-refractivity contribution in [3.63, 3.8) is 0 Å². The fourth-order valence-corrected chi connectivity index (χ4v) is 5.57. The van der Waals surface area contributed by atoms with Crippen molar-refractivity contribution < 1.29 is 24.2 Å². The number of aromatic amines is 1. The minimum Gasteiger partial charge on any atom is -0.485 e. The van der Waals surface area contributed by atoms with Crippen LogP contribution in [-0.2, 0) is 16.0 Å². The van der Waals surface area contributed by atoms with Crippen molar-refractivity contribution in [3.8, 4) is 5.75 Å². The van der Waals surface area contributed by atoms with Crippen molar-refractivity contribution in [2.24, 2.45) is 0 Å². The Balaban J connectivity index is 1.28. The largest absolute Gasteiger partial charge is 0.485 e. The van der Waals surface area contributed by atoms with Crippen molar-refractivity contribution in [2.75, 3.05) is 6.61 Å². The molecule has 2 N–H and O–H groups in total. The predicted octanol–water partition coefficient (Wildman–Crippen LogP) is 5.33. The first kappa shape index (κ1) is 25.4. The van der Waals surface area contributed by atoms with Gasteiger partial charge in [0.1, 0.15) is 16.1 Å². The number of H-pyrrole nitrogens is 1. The van der Waals surface area contributed by atoms with E-state index in [2.05, 4.69) is 4.98 Å². The maximum atomic E-state index is 13.3. The van der Waals surface area contributed by atoms with Crippen molar-refractivity contribution >= 4 is 62.9 Å². The number of carbonyl (C=O) groups is 3. The van der Waals surface area contributed by atoms with E-state index >= 15 is 0 Å². The number of nitrogens with zero attached hydrogens (tertiary/aromatic N) is 1. The van der Waals surface area contributed by atoms with Gasteiger partial charge in [0.2, 0.25) is 0 Å². The normalized spacial score (nSPS) is 15.3. The number of thiocarbonyl (C=S) groups is 1. The smallest absolute Gasteiger partial charge is 0.327 e. The number of amides is 1. The standard InChI is InChI=1S/C29H22N2O5S2/c32-25(19-6-2-1-3-7-19)17-36-21-12-10-18(11-13-21)14-26-27(33)31(29(37)38-26)24(28(34)35)15-20-16-30-23-9-5-4-8-22(20)23/h1-14,16,24,30H,15,17H2,(H,34,35)/b26-14-/t24-/m0/s1. The van der Waals surface area contributed by atoms with Gasteiger partial charge in [-0.3, -0.25) is 14.5 Å². The van der Waals surface area contributed by atoms with Crippen LogP contribution in [0.3, 0.4) is 0 Å². The Bertz CT molecular complexity index is 1560. The maximum absolute atomic E-state index is 13.3. The van der Waals surface area contributed by atoms with Crippen LogP contribution in [0.25, 0.3) is 17.0 Å². The van der Waals surface area contributed by atoms with Crippen LogP contribution in [0, 0.1) is 0 Å². The zero-order valence-corrected chi connectivity index (χ0v) is 21.6. The minimum atomic E-state index is -1.13. The van der Waals surface area contributed by atoms with Gasteiger partial charge in [0.15, 0.2) is 12.4 Å². The molecule has 0 spiro atoms. The number of carboxylic acids is 1. The number of thioether (sulfide) groups is 1. The Morgan fingerprint density at radius 3 is 2.47 bits per heavy atom. The summed E-state index contributed by atoms with van der Waals surface area (Å²) in [4.78, 5) is 42.4. The van der Waals surface area contributed by atoms with Crippen molar-refractivity contribution in [2.45, 2.75) is 12.5 Å². The monoisotopic (exact) mass is 542 g/mol. The van der Waals surface area contributed by atoms with Crippen LogP contribution >= 0.6 is 24.0 Å². The molecule has 1 aliphatic rings. The van der Waals surface area contributed by atoms with Gasteiger partial charge in [0, 0.05) is 29.1 Å². The summed E-state index contributed by atoms with van der Waals surface area (Å²) in [6.45, 7) is -0.0883. The summed E-state index contributed by atoms with van der Waals surface area (Å²) in [5, 5.41) is 10.9.